The first kappa shape index (κ1) is 14.2. The molecule has 0 aliphatic heterocycles. The van der Waals surface area contributed by atoms with Crippen LogP contribution in [0.3, 0.4) is 0 Å². The molecular weight excluding hydrogens is 288 g/mol. The number of nitrogens with one attached hydrogen (secondary N) is 1. The van der Waals surface area contributed by atoms with E-state index in [1.165, 1.54) is 23.4 Å². The van der Waals surface area contributed by atoms with Crippen LogP contribution in [0.25, 0.3) is 0 Å². The van der Waals surface area contributed by atoms with Crippen LogP contribution < -0.4 is 5.32 Å². The minimum absolute atomic E-state index is 0.192. The van der Waals surface area contributed by atoms with E-state index >= 15 is 0 Å². The van der Waals surface area contributed by atoms with Gasteiger partial charge in [0.2, 0.25) is 0 Å². The summed E-state index contributed by atoms with van der Waals surface area (Å²) in [5.41, 5.74) is 0.478. The zero-order valence-corrected chi connectivity index (χ0v) is 13.5. The highest BCUT2D eigenvalue weighted by Crippen LogP contribution is 2.31. The lowest BCUT2D eigenvalue weighted by atomic mass is 10.0. The molecule has 3 rings (SSSR count). The number of thiazole rings is 1. The highest BCUT2D eigenvalue weighted by molar-refractivity contribution is 7.11. The van der Waals surface area contributed by atoms with Crippen LogP contribution in [0, 0.1) is 0 Å². The normalized spacial score (nSPS) is 18.8. The SMILES string of the molecule is CC(NCC(C)(O)c1cccs1)c1nc2c(s1)CCC2. The Hall–Kier alpha value is -0.750. The number of aryl methyl sites for hydroxylation is 2. The van der Waals surface area contributed by atoms with Gasteiger partial charge >= 0.3 is 0 Å². The Bertz CT molecular complexity index is 553. The van der Waals surface area contributed by atoms with Crippen LogP contribution in [0.4, 0.5) is 0 Å². The minimum Gasteiger partial charge on any atom is -0.383 e. The van der Waals surface area contributed by atoms with E-state index < -0.39 is 5.60 Å². The molecule has 0 aromatic carbocycles. The fourth-order valence-electron chi connectivity index (χ4n) is 2.51. The number of hydrogen-bond donors (Lipinski definition) is 2. The first-order valence-electron chi connectivity index (χ1n) is 7.04. The van der Waals surface area contributed by atoms with E-state index in [9.17, 15) is 5.11 Å². The van der Waals surface area contributed by atoms with Crippen molar-refractivity contribution in [2.24, 2.45) is 0 Å². The second kappa shape index (κ2) is 5.56. The number of aromatic nitrogens is 1. The first-order chi connectivity index (χ1) is 9.56. The molecule has 0 spiro atoms. The van der Waals surface area contributed by atoms with Gasteiger partial charge in [-0.15, -0.1) is 22.7 Å². The molecule has 0 amide bonds. The molecule has 2 unspecified atom stereocenters. The van der Waals surface area contributed by atoms with E-state index in [2.05, 4.69) is 12.2 Å². The molecule has 3 nitrogen and oxygen atoms in total. The van der Waals surface area contributed by atoms with Crippen molar-refractivity contribution >= 4 is 22.7 Å². The standard InChI is InChI=1S/C15H20N2OS2/c1-10(14-17-11-5-3-6-12(11)20-14)16-9-15(2,18)13-7-4-8-19-13/h4,7-8,10,16,18H,3,5-6,9H2,1-2H3. The predicted molar refractivity (Wildman–Crippen MR) is 84.4 cm³/mol. The van der Waals surface area contributed by atoms with Gasteiger partial charge in [0, 0.05) is 16.3 Å². The first-order valence-corrected chi connectivity index (χ1v) is 8.74. The summed E-state index contributed by atoms with van der Waals surface area (Å²) in [7, 11) is 0. The number of hydrogen-bond acceptors (Lipinski definition) is 5. The van der Waals surface area contributed by atoms with Crippen LogP contribution in [0.5, 0.6) is 0 Å². The maximum Gasteiger partial charge on any atom is 0.110 e. The zero-order chi connectivity index (χ0) is 14.2. The molecule has 2 N–H and O–H groups in total. The molecule has 5 heteroatoms. The van der Waals surface area contributed by atoms with Gasteiger partial charge in [0.15, 0.2) is 0 Å². The van der Waals surface area contributed by atoms with Gasteiger partial charge in [-0.2, -0.15) is 0 Å². The Kier molecular flexibility index (Phi) is 3.95. The third-order valence-electron chi connectivity index (χ3n) is 3.79. The van der Waals surface area contributed by atoms with Gasteiger partial charge < -0.3 is 10.4 Å². The molecule has 108 valence electrons. The Morgan fingerprint density at radius 3 is 3.05 bits per heavy atom. The monoisotopic (exact) mass is 308 g/mol. The Labute approximate surface area is 127 Å². The zero-order valence-electron chi connectivity index (χ0n) is 11.8. The highest BCUT2D eigenvalue weighted by atomic mass is 32.1. The van der Waals surface area contributed by atoms with Gasteiger partial charge in [0.05, 0.1) is 11.7 Å². The lowest BCUT2D eigenvalue weighted by molar-refractivity contribution is 0.0581. The van der Waals surface area contributed by atoms with Crippen molar-refractivity contribution in [1.29, 1.82) is 0 Å². The Morgan fingerprint density at radius 2 is 2.35 bits per heavy atom. The van der Waals surface area contributed by atoms with Crippen LogP contribution in [0.1, 0.15) is 46.8 Å². The van der Waals surface area contributed by atoms with Gasteiger partial charge in [0.25, 0.3) is 0 Å². The topological polar surface area (TPSA) is 45.1 Å². The largest absolute Gasteiger partial charge is 0.383 e. The lowest BCUT2D eigenvalue weighted by Gasteiger charge is -2.24. The van der Waals surface area contributed by atoms with Crippen molar-refractivity contribution in [3.63, 3.8) is 0 Å². The van der Waals surface area contributed by atoms with Crippen molar-refractivity contribution in [2.75, 3.05) is 6.54 Å². The molecule has 0 bridgehead atoms. The molecule has 1 aliphatic rings. The molecule has 0 fully saturated rings. The summed E-state index contributed by atoms with van der Waals surface area (Å²) in [6, 6.07) is 4.15. The average Bonchev–Trinajstić information content (AvgIpc) is 3.10. The molecular formula is C15H20N2OS2. The maximum atomic E-state index is 10.5. The summed E-state index contributed by atoms with van der Waals surface area (Å²) < 4.78 is 0. The van der Waals surface area contributed by atoms with E-state index in [0.29, 0.717) is 6.54 Å². The summed E-state index contributed by atoms with van der Waals surface area (Å²) in [6.07, 6.45) is 3.57. The van der Waals surface area contributed by atoms with Gasteiger partial charge in [-0.25, -0.2) is 4.98 Å². The van der Waals surface area contributed by atoms with E-state index in [4.69, 9.17) is 4.98 Å². The Balaban J connectivity index is 1.63. The molecule has 20 heavy (non-hydrogen) atoms. The van der Waals surface area contributed by atoms with Crippen molar-refractivity contribution in [2.45, 2.75) is 44.8 Å². The number of thiophene rings is 1. The summed E-state index contributed by atoms with van der Waals surface area (Å²) in [5.74, 6) is 0. The highest BCUT2D eigenvalue weighted by Gasteiger charge is 2.26. The van der Waals surface area contributed by atoms with Gasteiger partial charge in [0.1, 0.15) is 10.6 Å². The van der Waals surface area contributed by atoms with Crippen LogP contribution >= 0.6 is 22.7 Å². The fraction of sp³-hybridized carbons (Fsp3) is 0.533. The molecule has 2 heterocycles. The van der Waals surface area contributed by atoms with E-state index in [-0.39, 0.29) is 6.04 Å². The third kappa shape index (κ3) is 2.81. The van der Waals surface area contributed by atoms with E-state index in [0.717, 1.165) is 16.3 Å². The number of fused-ring (bicyclic) bond motifs is 1. The molecule has 0 saturated carbocycles. The minimum atomic E-state index is -0.817. The smallest absolute Gasteiger partial charge is 0.110 e. The molecule has 2 atom stereocenters. The summed E-state index contributed by atoms with van der Waals surface area (Å²) in [4.78, 5) is 7.19. The van der Waals surface area contributed by atoms with Crippen LogP contribution in [0.2, 0.25) is 0 Å². The molecule has 2 aromatic rings. The van der Waals surface area contributed by atoms with Gasteiger partial charge in [-0.3, -0.25) is 0 Å². The number of aliphatic hydroxyl groups is 1. The summed E-state index contributed by atoms with van der Waals surface area (Å²) in [5, 5.41) is 17.1. The van der Waals surface area contributed by atoms with Crippen molar-refractivity contribution in [3.05, 3.63) is 38.0 Å². The van der Waals surface area contributed by atoms with Gasteiger partial charge in [-0.05, 0) is 44.6 Å². The molecule has 0 radical (unpaired) electrons. The van der Waals surface area contributed by atoms with Crippen molar-refractivity contribution in [1.82, 2.24) is 10.3 Å². The van der Waals surface area contributed by atoms with Crippen LogP contribution in [-0.2, 0) is 18.4 Å². The maximum absolute atomic E-state index is 10.5. The molecule has 1 aliphatic carbocycles. The van der Waals surface area contributed by atoms with Crippen molar-refractivity contribution in [3.8, 4) is 0 Å². The Morgan fingerprint density at radius 1 is 1.50 bits per heavy atom. The van der Waals surface area contributed by atoms with Crippen LogP contribution in [-0.4, -0.2) is 16.6 Å². The molecule has 2 aromatic heterocycles. The van der Waals surface area contributed by atoms with E-state index in [1.807, 2.05) is 35.8 Å². The fourth-order valence-corrected chi connectivity index (χ4v) is 4.47. The van der Waals surface area contributed by atoms with E-state index in [1.54, 1.807) is 11.3 Å². The lowest BCUT2D eigenvalue weighted by Crippen LogP contribution is -2.36. The summed E-state index contributed by atoms with van der Waals surface area (Å²) >= 11 is 3.42. The number of nitrogens with zero attached hydrogens (tertiary/aromatic N) is 1. The average molecular weight is 308 g/mol. The third-order valence-corrected chi connectivity index (χ3v) is 6.25. The van der Waals surface area contributed by atoms with Gasteiger partial charge in [-0.1, -0.05) is 6.07 Å². The van der Waals surface area contributed by atoms with Crippen LogP contribution in [0.15, 0.2) is 17.5 Å². The summed E-state index contributed by atoms with van der Waals surface area (Å²) in [6.45, 7) is 4.53. The quantitative estimate of drug-likeness (QED) is 0.891. The second-order valence-electron chi connectivity index (χ2n) is 5.63. The number of rotatable bonds is 5. The molecule has 0 saturated heterocycles. The predicted octanol–water partition coefficient (Wildman–Crippen LogP) is 3.25. The van der Waals surface area contributed by atoms with Crippen molar-refractivity contribution < 1.29 is 5.11 Å². The second-order valence-corrected chi connectivity index (χ2v) is 7.69.